The average Bonchev–Trinajstić information content (AvgIpc) is 2.28. The Morgan fingerprint density at radius 3 is 2.62 bits per heavy atom. The Morgan fingerprint density at radius 1 is 1.25 bits per heavy atom. The van der Waals surface area contributed by atoms with Crippen LogP contribution in [0.25, 0.3) is 0 Å². The van der Waals surface area contributed by atoms with Crippen molar-refractivity contribution in [3.05, 3.63) is 0 Å². The van der Waals surface area contributed by atoms with Gasteiger partial charge in [0.15, 0.2) is 0 Å². The largest absolute Gasteiger partial charge is 0.0888 e. The second-order valence-electron chi connectivity index (χ2n) is 5.85. The Balaban J connectivity index is 2.36. The number of alkyl halides is 1. The van der Waals surface area contributed by atoms with E-state index in [4.69, 9.17) is 0 Å². The van der Waals surface area contributed by atoms with Crippen LogP contribution < -0.4 is 0 Å². The van der Waals surface area contributed by atoms with E-state index in [1.54, 1.807) is 0 Å². The monoisotopic (exact) mass is 288 g/mol. The minimum Gasteiger partial charge on any atom is -0.0888 e. The lowest BCUT2D eigenvalue weighted by molar-refractivity contribution is 0.239. The highest BCUT2D eigenvalue weighted by Crippen LogP contribution is 2.38. The Hall–Kier alpha value is 0.480. The van der Waals surface area contributed by atoms with Crippen LogP contribution in [0.3, 0.4) is 0 Å². The first-order valence-corrected chi connectivity index (χ1v) is 8.22. The summed E-state index contributed by atoms with van der Waals surface area (Å²) in [4.78, 5) is 0.805. The first-order valence-electron chi connectivity index (χ1n) is 7.31. The van der Waals surface area contributed by atoms with Gasteiger partial charge in [-0.3, -0.25) is 0 Å². The highest BCUT2D eigenvalue weighted by Gasteiger charge is 2.28. The highest BCUT2D eigenvalue weighted by atomic mass is 79.9. The Morgan fingerprint density at radius 2 is 2.00 bits per heavy atom. The van der Waals surface area contributed by atoms with Crippen molar-refractivity contribution >= 4 is 15.9 Å². The maximum absolute atomic E-state index is 3.91. The zero-order valence-electron chi connectivity index (χ0n) is 11.3. The third-order valence-electron chi connectivity index (χ3n) is 4.33. The van der Waals surface area contributed by atoms with Crippen LogP contribution in [0, 0.1) is 17.8 Å². The van der Waals surface area contributed by atoms with Crippen molar-refractivity contribution in [2.24, 2.45) is 17.8 Å². The van der Waals surface area contributed by atoms with Crippen LogP contribution in [0.15, 0.2) is 0 Å². The number of hydrogen-bond acceptors (Lipinski definition) is 0. The summed E-state index contributed by atoms with van der Waals surface area (Å²) < 4.78 is 0. The molecule has 1 aliphatic rings. The van der Waals surface area contributed by atoms with Gasteiger partial charge in [0.25, 0.3) is 0 Å². The molecule has 1 rings (SSSR count). The van der Waals surface area contributed by atoms with Gasteiger partial charge in [-0.15, -0.1) is 0 Å². The van der Waals surface area contributed by atoms with Crippen molar-refractivity contribution in [1.29, 1.82) is 0 Å². The van der Waals surface area contributed by atoms with E-state index in [1.165, 1.54) is 51.4 Å². The van der Waals surface area contributed by atoms with Gasteiger partial charge < -0.3 is 0 Å². The summed E-state index contributed by atoms with van der Waals surface area (Å²) in [6, 6.07) is 0. The summed E-state index contributed by atoms with van der Waals surface area (Å²) in [5.41, 5.74) is 0. The van der Waals surface area contributed by atoms with E-state index in [0.717, 1.165) is 22.6 Å². The van der Waals surface area contributed by atoms with Crippen molar-refractivity contribution in [2.45, 2.75) is 77.0 Å². The fourth-order valence-corrected chi connectivity index (χ4v) is 3.81. The molecule has 0 aromatic carbocycles. The summed E-state index contributed by atoms with van der Waals surface area (Å²) >= 11 is 3.91. The molecule has 0 saturated heterocycles. The molecule has 1 heteroatoms. The SMILES string of the molecule is CCCCC(CC)CC1CC(C)CCC1Br. The van der Waals surface area contributed by atoms with Crippen LogP contribution in [0.5, 0.6) is 0 Å². The van der Waals surface area contributed by atoms with E-state index in [1.807, 2.05) is 0 Å². The molecule has 0 heterocycles. The third-order valence-corrected chi connectivity index (χ3v) is 5.54. The topological polar surface area (TPSA) is 0 Å². The van der Waals surface area contributed by atoms with E-state index in [-0.39, 0.29) is 0 Å². The molecule has 0 aromatic heterocycles. The third kappa shape index (κ3) is 4.77. The molecule has 0 bridgehead atoms. The standard InChI is InChI=1S/C15H29Br/c1-4-6-7-13(5-2)11-14-10-12(3)8-9-15(14)16/h12-15H,4-11H2,1-3H3. The molecule has 0 amide bonds. The first-order chi connectivity index (χ1) is 7.67. The summed E-state index contributed by atoms with van der Waals surface area (Å²) in [7, 11) is 0. The van der Waals surface area contributed by atoms with Crippen LogP contribution in [-0.4, -0.2) is 4.83 Å². The summed E-state index contributed by atoms with van der Waals surface area (Å²) in [6.45, 7) is 7.11. The van der Waals surface area contributed by atoms with Gasteiger partial charge in [0, 0.05) is 4.83 Å². The van der Waals surface area contributed by atoms with E-state index in [9.17, 15) is 0 Å². The van der Waals surface area contributed by atoms with E-state index in [0.29, 0.717) is 0 Å². The molecule has 0 spiro atoms. The highest BCUT2D eigenvalue weighted by molar-refractivity contribution is 9.09. The van der Waals surface area contributed by atoms with Crippen molar-refractivity contribution in [3.8, 4) is 0 Å². The van der Waals surface area contributed by atoms with Crippen molar-refractivity contribution in [1.82, 2.24) is 0 Å². The van der Waals surface area contributed by atoms with Crippen LogP contribution in [0.4, 0.5) is 0 Å². The fraction of sp³-hybridized carbons (Fsp3) is 1.00. The summed E-state index contributed by atoms with van der Waals surface area (Å²) in [5, 5.41) is 0. The number of hydrogen-bond donors (Lipinski definition) is 0. The number of rotatable bonds is 6. The predicted molar refractivity (Wildman–Crippen MR) is 77.1 cm³/mol. The second-order valence-corrected chi connectivity index (χ2v) is 7.02. The minimum absolute atomic E-state index is 0.805. The molecule has 1 fully saturated rings. The molecule has 4 unspecified atom stereocenters. The number of halogens is 1. The maximum atomic E-state index is 3.91. The molecule has 4 atom stereocenters. The van der Waals surface area contributed by atoms with Crippen molar-refractivity contribution in [2.75, 3.05) is 0 Å². The molecule has 0 N–H and O–H groups in total. The Labute approximate surface area is 111 Å². The van der Waals surface area contributed by atoms with Crippen LogP contribution >= 0.6 is 15.9 Å². The van der Waals surface area contributed by atoms with Crippen molar-refractivity contribution in [3.63, 3.8) is 0 Å². The van der Waals surface area contributed by atoms with Crippen LogP contribution in [0.1, 0.15) is 72.1 Å². The van der Waals surface area contributed by atoms with Gasteiger partial charge in [0.05, 0.1) is 0 Å². The van der Waals surface area contributed by atoms with E-state index < -0.39 is 0 Å². The Kier molecular flexibility index (Phi) is 7.03. The second kappa shape index (κ2) is 7.74. The van der Waals surface area contributed by atoms with Gasteiger partial charge in [-0.2, -0.15) is 0 Å². The van der Waals surface area contributed by atoms with Crippen LogP contribution in [-0.2, 0) is 0 Å². The maximum Gasteiger partial charge on any atom is 0.0174 e. The number of unbranched alkanes of at least 4 members (excludes halogenated alkanes) is 1. The lowest BCUT2D eigenvalue weighted by Gasteiger charge is -2.33. The zero-order chi connectivity index (χ0) is 12.0. The van der Waals surface area contributed by atoms with Gasteiger partial charge in [0.1, 0.15) is 0 Å². The molecule has 0 aliphatic heterocycles. The Bertz CT molecular complexity index is 178. The fourth-order valence-electron chi connectivity index (χ4n) is 3.12. The van der Waals surface area contributed by atoms with Gasteiger partial charge in [-0.05, 0) is 43.4 Å². The van der Waals surface area contributed by atoms with Gasteiger partial charge in [-0.25, -0.2) is 0 Å². The lowest BCUT2D eigenvalue weighted by atomic mass is 9.76. The lowest BCUT2D eigenvalue weighted by Crippen LogP contribution is -2.26. The summed E-state index contributed by atoms with van der Waals surface area (Å²) in [6.07, 6.45) is 11.4. The molecule has 1 saturated carbocycles. The van der Waals surface area contributed by atoms with Crippen molar-refractivity contribution < 1.29 is 0 Å². The average molecular weight is 289 g/mol. The zero-order valence-corrected chi connectivity index (χ0v) is 12.9. The van der Waals surface area contributed by atoms with Gasteiger partial charge in [0.2, 0.25) is 0 Å². The first kappa shape index (κ1) is 14.5. The predicted octanol–water partition coefficient (Wildman–Crippen LogP) is 5.79. The van der Waals surface area contributed by atoms with E-state index >= 15 is 0 Å². The molecule has 0 radical (unpaired) electrons. The molecule has 96 valence electrons. The molecule has 0 nitrogen and oxygen atoms in total. The molecular weight excluding hydrogens is 260 g/mol. The van der Waals surface area contributed by atoms with E-state index in [2.05, 4.69) is 36.7 Å². The van der Waals surface area contributed by atoms with Gasteiger partial charge in [-0.1, -0.05) is 62.4 Å². The molecular formula is C15H29Br. The molecule has 1 aliphatic carbocycles. The summed E-state index contributed by atoms with van der Waals surface area (Å²) in [5.74, 6) is 2.89. The smallest absolute Gasteiger partial charge is 0.0174 e. The van der Waals surface area contributed by atoms with Crippen LogP contribution in [0.2, 0.25) is 0 Å². The van der Waals surface area contributed by atoms with Gasteiger partial charge >= 0.3 is 0 Å². The molecule has 0 aromatic rings. The normalized spacial score (nSPS) is 32.6. The molecule has 16 heavy (non-hydrogen) atoms. The minimum atomic E-state index is 0.805. The quantitative estimate of drug-likeness (QED) is 0.543.